The zero-order valence-electron chi connectivity index (χ0n) is 15.6. The number of carbonyl (C=O) groups is 1. The van der Waals surface area contributed by atoms with Gasteiger partial charge in [-0.05, 0) is 37.0 Å². The van der Waals surface area contributed by atoms with Gasteiger partial charge in [0.25, 0.3) is 0 Å². The number of Topliss-reactive ketones (excluding diaryl/α,β-unsaturated/α-hetero) is 1. The molecule has 1 aliphatic carbocycles. The normalized spacial score (nSPS) is 19.1. The summed E-state index contributed by atoms with van der Waals surface area (Å²) in [5.74, 6) is 1.38. The van der Waals surface area contributed by atoms with Crippen LogP contribution in [0.2, 0.25) is 0 Å². The van der Waals surface area contributed by atoms with Crippen LogP contribution in [0.3, 0.4) is 0 Å². The minimum absolute atomic E-state index is 0.00458. The number of hydrogen-bond donors (Lipinski definition) is 1. The van der Waals surface area contributed by atoms with Crippen LogP contribution >= 0.6 is 0 Å². The predicted octanol–water partition coefficient (Wildman–Crippen LogP) is 4.63. The van der Waals surface area contributed by atoms with Crippen LogP contribution in [-0.2, 0) is 9.53 Å². The van der Waals surface area contributed by atoms with Crippen LogP contribution < -0.4 is 10.1 Å². The Labute approximate surface area is 160 Å². The topological polar surface area (TPSA) is 47.6 Å². The molecule has 1 heterocycles. The van der Waals surface area contributed by atoms with Crippen LogP contribution in [0, 0.1) is 0 Å². The number of nitrogens with one attached hydrogen (secondary N) is 1. The Balaban J connectivity index is 1.63. The van der Waals surface area contributed by atoms with Gasteiger partial charge in [0, 0.05) is 11.6 Å². The zero-order valence-corrected chi connectivity index (χ0v) is 15.6. The maximum Gasteiger partial charge on any atom is 0.213 e. The lowest BCUT2D eigenvalue weighted by Crippen LogP contribution is -2.17. The Morgan fingerprint density at radius 2 is 1.93 bits per heavy atom. The summed E-state index contributed by atoms with van der Waals surface area (Å²) in [6.45, 7) is 2.82. The van der Waals surface area contributed by atoms with Gasteiger partial charge in [-0.15, -0.1) is 0 Å². The monoisotopic (exact) mass is 363 g/mol. The summed E-state index contributed by atoms with van der Waals surface area (Å²) in [7, 11) is 0. The molecule has 1 fully saturated rings. The van der Waals surface area contributed by atoms with Crippen LogP contribution in [0.4, 0.5) is 0 Å². The molecule has 0 amide bonds. The number of carbonyl (C=O) groups excluding carboxylic acids is 1. The molecule has 1 unspecified atom stereocenters. The third-order valence-electron chi connectivity index (χ3n) is 4.85. The summed E-state index contributed by atoms with van der Waals surface area (Å²) in [4.78, 5) is 13.2. The van der Waals surface area contributed by atoms with E-state index in [1.807, 2.05) is 54.6 Å². The maximum absolute atomic E-state index is 13.2. The van der Waals surface area contributed by atoms with Gasteiger partial charge in [-0.1, -0.05) is 55.8 Å². The Bertz CT molecular complexity index is 840. The molecule has 0 bridgehead atoms. The van der Waals surface area contributed by atoms with E-state index in [4.69, 9.17) is 9.47 Å². The van der Waals surface area contributed by atoms with Gasteiger partial charge in [-0.3, -0.25) is 4.79 Å². The second-order valence-electron chi connectivity index (χ2n) is 7.13. The first-order chi connectivity index (χ1) is 13.3. The molecule has 1 N–H and O–H groups in total. The fraction of sp³-hybridized carbons (Fsp3) is 0.348. The van der Waals surface area contributed by atoms with E-state index in [9.17, 15) is 4.79 Å². The Kier molecular flexibility index (Phi) is 5.14. The Hall–Kier alpha value is -2.75. The lowest BCUT2D eigenvalue weighted by Gasteiger charge is -2.12. The van der Waals surface area contributed by atoms with Crippen molar-refractivity contribution in [2.24, 2.45) is 0 Å². The van der Waals surface area contributed by atoms with Crippen molar-refractivity contribution in [2.45, 2.75) is 44.8 Å². The van der Waals surface area contributed by atoms with Gasteiger partial charge >= 0.3 is 0 Å². The molecular formula is C23H25NO3. The molecular weight excluding hydrogens is 338 g/mol. The first-order valence-corrected chi connectivity index (χ1v) is 9.76. The molecule has 1 aliphatic heterocycles. The summed E-state index contributed by atoms with van der Waals surface area (Å²) in [6.07, 6.45) is 3.74. The molecule has 0 saturated heterocycles. The number of ketones is 1. The number of rotatable bonds is 8. The van der Waals surface area contributed by atoms with E-state index in [1.165, 1.54) is 0 Å². The lowest BCUT2D eigenvalue weighted by molar-refractivity contribution is -0.120. The zero-order chi connectivity index (χ0) is 18.6. The first kappa shape index (κ1) is 17.7. The van der Waals surface area contributed by atoms with E-state index in [2.05, 4.69) is 12.2 Å². The molecule has 140 valence electrons. The Morgan fingerprint density at radius 3 is 2.67 bits per heavy atom. The minimum atomic E-state index is -0.591. The summed E-state index contributed by atoms with van der Waals surface area (Å²) >= 11 is 0. The van der Waals surface area contributed by atoms with E-state index >= 15 is 0 Å². The summed E-state index contributed by atoms with van der Waals surface area (Å²) in [6, 6.07) is 17.8. The second kappa shape index (κ2) is 7.87. The average Bonchev–Trinajstić information content (AvgIpc) is 3.45. The standard InChI is InChI=1S/C23H25NO3/c1-2-3-14-26-19-11-7-10-17(15-19)20-21(25)22(16-8-5-4-6-9-16)27-23(20)24-18-12-13-18/h4-11,15,18,22,24H,2-3,12-14H2,1H3. The number of hydrogen-bond acceptors (Lipinski definition) is 4. The van der Waals surface area contributed by atoms with Crippen molar-refractivity contribution in [1.82, 2.24) is 5.32 Å². The highest BCUT2D eigenvalue weighted by molar-refractivity contribution is 6.25. The molecule has 4 rings (SSSR count). The molecule has 1 saturated carbocycles. The molecule has 0 radical (unpaired) electrons. The smallest absolute Gasteiger partial charge is 0.213 e. The first-order valence-electron chi connectivity index (χ1n) is 9.76. The largest absolute Gasteiger partial charge is 0.494 e. The number of unbranched alkanes of at least 4 members (excludes halogenated alkanes) is 1. The highest BCUT2D eigenvalue weighted by atomic mass is 16.5. The van der Waals surface area contributed by atoms with Gasteiger partial charge in [0.15, 0.2) is 12.0 Å². The summed E-state index contributed by atoms with van der Waals surface area (Å²) in [5, 5.41) is 3.40. The SMILES string of the molecule is CCCCOc1cccc(C2=C(NC3CC3)OC(c3ccccc3)C2=O)c1. The van der Waals surface area contributed by atoms with Gasteiger partial charge in [-0.2, -0.15) is 0 Å². The number of benzene rings is 2. The molecule has 0 spiro atoms. The molecule has 2 aromatic carbocycles. The van der Waals surface area contributed by atoms with Crippen LogP contribution in [0.1, 0.15) is 49.8 Å². The molecule has 4 nitrogen and oxygen atoms in total. The fourth-order valence-electron chi connectivity index (χ4n) is 3.19. The van der Waals surface area contributed by atoms with Crippen LogP contribution in [0.15, 0.2) is 60.5 Å². The fourth-order valence-corrected chi connectivity index (χ4v) is 3.19. The van der Waals surface area contributed by atoms with Crippen molar-refractivity contribution in [1.29, 1.82) is 0 Å². The van der Waals surface area contributed by atoms with Crippen LogP contribution in [0.5, 0.6) is 5.75 Å². The lowest BCUT2D eigenvalue weighted by atomic mass is 9.97. The van der Waals surface area contributed by atoms with E-state index in [-0.39, 0.29) is 5.78 Å². The van der Waals surface area contributed by atoms with Gasteiger partial charge in [-0.25, -0.2) is 0 Å². The minimum Gasteiger partial charge on any atom is -0.494 e. The quantitative estimate of drug-likeness (QED) is 0.695. The number of ether oxygens (including phenoxy) is 2. The Morgan fingerprint density at radius 1 is 1.11 bits per heavy atom. The molecule has 2 aliphatic rings. The molecule has 0 aromatic heterocycles. The van der Waals surface area contributed by atoms with Crippen molar-refractivity contribution in [2.75, 3.05) is 6.61 Å². The van der Waals surface area contributed by atoms with Crippen molar-refractivity contribution in [3.05, 3.63) is 71.6 Å². The van der Waals surface area contributed by atoms with Gasteiger partial charge < -0.3 is 14.8 Å². The molecule has 1 atom stereocenters. The third-order valence-corrected chi connectivity index (χ3v) is 4.85. The molecule has 4 heteroatoms. The van der Waals surface area contributed by atoms with Crippen LogP contribution in [0.25, 0.3) is 5.57 Å². The highest BCUT2D eigenvalue weighted by Gasteiger charge is 2.39. The summed E-state index contributed by atoms with van der Waals surface area (Å²) < 4.78 is 11.9. The summed E-state index contributed by atoms with van der Waals surface area (Å²) in [5.41, 5.74) is 2.34. The van der Waals surface area contributed by atoms with Crippen molar-refractivity contribution in [3.8, 4) is 5.75 Å². The molecule has 27 heavy (non-hydrogen) atoms. The van der Waals surface area contributed by atoms with Crippen molar-refractivity contribution in [3.63, 3.8) is 0 Å². The van der Waals surface area contributed by atoms with Gasteiger partial charge in [0.1, 0.15) is 5.75 Å². The van der Waals surface area contributed by atoms with Crippen LogP contribution in [-0.4, -0.2) is 18.4 Å². The van der Waals surface area contributed by atoms with E-state index < -0.39 is 6.10 Å². The maximum atomic E-state index is 13.2. The van der Waals surface area contributed by atoms with E-state index in [1.54, 1.807) is 0 Å². The highest BCUT2D eigenvalue weighted by Crippen LogP contribution is 2.39. The van der Waals surface area contributed by atoms with Gasteiger partial charge in [0.2, 0.25) is 5.78 Å². The van der Waals surface area contributed by atoms with E-state index in [0.29, 0.717) is 24.1 Å². The van der Waals surface area contributed by atoms with Gasteiger partial charge in [0.05, 0.1) is 12.2 Å². The van der Waals surface area contributed by atoms with Crippen molar-refractivity contribution < 1.29 is 14.3 Å². The van der Waals surface area contributed by atoms with Crippen molar-refractivity contribution >= 4 is 11.4 Å². The average molecular weight is 363 g/mol. The van der Waals surface area contributed by atoms with E-state index in [0.717, 1.165) is 42.6 Å². The third kappa shape index (κ3) is 4.00. The second-order valence-corrected chi connectivity index (χ2v) is 7.13. The molecule has 2 aromatic rings. The predicted molar refractivity (Wildman–Crippen MR) is 105 cm³/mol.